The zero-order chi connectivity index (χ0) is 17.6. The number of nitrogens with one attached hydrogen (secondary N) is 1. The van der Waals surface area contributed by atoms with E-state index in [1.807, 2.05) is 6.92 Å². The molecule has 0 aliphatic carbocycles. The first-order valence-corrected chi connectivity index (χ1v) is 9.20. The summed E-state index contributed by atoms with van der Waals surface area (Å²) >= 11 is 0. The Balaban J connectivity index is 2.86. The van der Waals surface area contributed by atoms with Crippen LogP contribution in [0.1, 0.15) is 32.8 Å². The van der Waals surface area contributed by atoms with Crippen molar-refractivity contribution in [2.24, 2.45) is 5.92 Å². The highest BCUT2D eigenvalue weighted by Gasteiger charge is 2.25. The first-order chi connectivity index (χ1) is 10.7. The van der Waals surface area contributed by atoms with Crippen LogP contribution in [0.25, 0.3) is 0 Å². The number of amides is 1. The molecule has 0 aliphatic heterocycles. The molecule has 1 aromatic rings. The molecule has 0 bridgehead atoms. The Morgan fingerprint density at radius 3 is 2.43 bits per heavy atom. The van der Waals surface area contributed by atoms with Gasteiger partial charge in [0.1, 0.15) is 6.04 Å². The quantitative estimate of drug-likeness (QED) is 0.748. The summed E-state index contributed by atoms with van der Waals surface area (Å²) in [4.78, 5) is 23.4. The lowest BCUT2D eigenvalue weighted by Gasteiger charge is -2.20. The number of carbonyl (C=O) groups is 2. The van der Waals surface area contributed by atoms with Gasteiger partial charge in [-0.25, -0.2) is 13.2 Å². The number of benzene rings is 1. The molecule has 7 heteroatoms. The number of rotatable bonds is 8. The molecule has 2 atom stereocenters. The molecule has 23 heavy (non-hydrogen) atoms. The first kappa shape index (κ1) is 19.2. The van der Waals surface area contributed by atoms with E-state index in [1.165, 1.54) is 12.1 Å². The summed E-state index contributed by atoms with van der Waals surface area (Å²) in [7, 11) is -3.34. The van der Waals surface area contributed by atoms with Gasteiger partial charge in [0.2, 0.25) is 5.91 Å². The molecule has 1 amide bonds. The fraction of sp³-hybridized carbons (Fsp3) is 0.500. The number of sulfone groups is 1. The SMILES string of the molecule is CCC(C)C(NC(=O)Cc1cccc(S(=O)(=O)CC)c1)C(=O)O. The Hall–Kier alpha value is -1.89. The van der Waals surface area contributed by atoms with Crippen LogP contribution in [-0.4, -0.2) is 37.2 Å². The van der Waals surface area contributed by atoms with Gasteiger partial charge in [-0.05, 0) is 23.6 Å². The lowest BCUT2D eigenvalue weighted by molar-refractivity contribution is -0.143. The highest BCUT2D eigenvalue weighted by molar-refractivity contribution is 7.91. The third-order valence-corrected chi connectivity index (χ3v) is 5.53. The van der Waals surface area contributed by atoms with Gasteiger partial charge in [-0.3, -0.25) is 4.79 Å². The van der Waals surface area contributed by atoms with E-state index < -0.39 is 27.8 Å². The van der Waals surface area contributed by atoms with Crippen LogP contribution in [0, 0.1) is 5.92 Å². The van der Waals surface area contributed by atoms with Gasteiger partial charge >= 0.3 is 5.97 Å². The summed E-state index contributed by atoms with van der Waals surface area (Å²) in [6.45, 7) is 5.16. The minimum Gasteiger partial charge on any atom is -0.480 e. The van der Waals surface area contributed by atoms with Crippen molar-refractivity contribution in [2.45, 2.75) is 44.6 Å². The van der Waals surface area contributed by atoms with Crippen molar-refractivity contribution < 1.29 is 23.1 Å². The minimum atomic E-state index is -3.34. The van der Waals surface area contributed by atoms with Crippen LogP contribution in [0.15, 0.2) is 29.2 Å². The van der Waals surface area contributed by atoms with E-state index >= 15 is 0 Å². The maximum absolute atomic E-state index is 12.1. The third kappa shape index (κ3) is 5.35. The molecule has 0 fully saturated rings. The monoisotopic (exact) mass is 341 g/mol. The van der Waals surface area contributed by atoms with E-state index in [-0.39, 0.29) is 23.0 Å². The Labute approximate surface area is 136 Å². The van der Waals surface area contributed by atoms with Gasteiger partial charge < -0.3 is 10.4 Å². The highest BCUT2D eigenvalue weighted by Crippen LogP contribution is 2.14. The molecule has 0 aromatic heterocycles. The molecule has 2 unspecified atom stereocenters. The van der Waals surface area contributed by atoms with E-state index in [0.29, 0.717) is 12.0 Å². The van der Waals surface area contributed by atoms with Crippen LogP contribution >= 0.6 is 0 Å². The fourth-order valence-electron chi connectivity index (χ4n) is 2.11. The second-order valence-corrected chi connectivity index (χ2v) is 7.77. The van der Waals surface area contributed by atoms with Gasteiger partial charge in [0.25, 0.3) is 0 Å². The lowest BCUT2D eigenvalue weighted by atomic mass is 9.99. The molecule has 0 aliphatic rings. The Kier molecular flexibility index (Phi) is 6.75. The standard InChI is InChI=1S/C16H23NO5S/c1-4-11(3)15(16(19)20)17-14(18)10-12-7-6-8-13(9-12)23(21,22)5-2/h6-9,11,15H,4-5,10H2,1-3H3,(H,17,18)(H,19,20). The Morgan fingerprint density at radius 2 is 1.91 bits per heavy atom. The number of carboxylic acids is 1. The zero-order valence-corrected chi connectivity index (χ0v) is 14.4. The van der Waals surface area contributed by atoms with Crippen molar-refractivity contribution in [3.63, 3.8) is 0 Å². The van der Waals surface area contributed by atoms with E-state index in [1.54, 1.807) is 26.0 Å². The predicted octanol–water partition coefficient (Wildman–Crippen LogP) is 1.64. The Bertz CT molecular complexity index is 669. The Morgan fingerprint density at radius 1 is 1.26 bits per heavy atom. The third-order valence-electron chi connectivity index (χ3n) is 3.80. The zero-order valence-electron chi connectivity index (χ0n) is 13.6. The number of carboxylic acid groups (broad SMARTS) is 1. The van der Waals surface area contributed by atoms with Gasteiger partial charge in [-0.2, -0.15) is 0 Å². The van der Waals surface area contributed by atoms with Crippen LogP contribution in [0.2, 0.25) is 0 Å². The van der Waals surface area contributed by atoms with Gasteiger partial charge in [-0.15, -0.1) is 0 Å². The van der Waals surface area contributed by atoms with Crippen molar-refractivity contribution in [2.75, 3.05) is 5.75 Å². The van der Waals surface area contributed by atoms with Gasteiger partial charge in [0.05, 0.1) is 17.1 Å². The summed E-state index contributed by atoms with van der Waals surface area (Å²) in [5.41, 5.74) is 0.533. The van der Waals surface area contributed by atoms with E-state index in [2.05, 4.69) is 5.32 Å². The molecule has 0 spiro atoms. The molecular weight excluding hydrogens is 318 g/mol. The van der Waals surface area contributed by atoms with Gasteiger partial charge in [0, 0.05) is 0 Å². The van der Waals surface area contributed by atoms with E-state index in [4.69, 9.17) is 0 Å². The number of carbonyl (C=O) groups excluding carboxylic acids is 1. The molecule has 1 aromatic carbocycles. The van der Waals surface area contributed by atoms with Crippen LogP contribution in [0.3, 0.4) is 0 Å². The minimum absolute atomic E-state index is 0.0161. The van der Waals surface area contributed by atoms with Crippen molar-refractivity contribution in [3.05, 3.63) is 29.8 Å². The molecule has 0 saturated heterocycles. The molecule has 0 saturated carbocycles. The second-order valence-electron chi connectivity index (χ2n) is 5.50. The average molecular weight is 341 g/mol. The molecule has 6 nitrogen and oxygen atoms in total. The van der Waals surface area contributed by atoms with Gasteiger partial charge in [-0.1, -0.05) is 39.3 Å². The second kappa shape index (κ2) is 8.10. The molecular formula is C16H23NO5S. The molecule has 128 valence electrons. The van der Waals surface area contributed by atoms with E-state index in [0.717, 1.165) is 0 Å². The summed E-state index contributed by atoms with van der Waals surface area (Å²) in [6.07, 6.45) is 0.564. The molecule has 0 radical (unpaired) electrons. The molecule has 0 heterocycles. The summed E-state index contributed by atoms with van der Waals surface area (Å²) in [5, 5.41) is 11.7. The lowest BCUT2D eigenvalue weighted by Crippen LogP contribution is -2.45. The van der Waals surface area contributed by atoms with Gasteiger partial charge in [0.15, 0.2) is 9.84 Å². The number of aliphatic carboxylic acids is 1. The molecule has 2 N–H and O–H groups in total. The van der Waals surface area contributed by atoms with Crippen molar-refractivity contribution in [1.29, 1.82) is 0 Å². The smallest absolute Gasteiger partial charge is 0.326 e. The summed E-state index contributed by atoms with van der Waals surface area (Å²) in [6, 6.07) is 5.22. The average Bonchev–Trinajstić information content (AvgIpc) is 2.51. The van der Waals surface area contributed by atoms with Crippen molar-refractivity contribution >= 4 is 21.7 Å². The van der Waals surface area contributed by atoms with Crippen LogP contribution in [0.5, 0.6) is 0 Å². The highest BCUT2D eigenvalue weighted by atomic mass is 32.2. The van der Waals surface area contributed by atoms with E-state index in [9.17, 15) is 23.1 Å². The van der Waals surface area contributed by atoms with Crippen LogP contribution < -0.4 is 5.32 Å². The largest absolute Gasteiger partial charge is 0.480 e. The van der Waals surface area contributed by atoms with Crippen LogP contribution in [-0.2, 0) is 25.8 Å². The maximum Gasteiger partial charge on any atom is 0.326 e. The van der Waals surface area contributed by atoms with Crippen LogP contribution in [0.4, 0.5) is 0 Å². The predicted molar refractivity (Wildman–Crippen MR) is 86.9 cm³/mol. The summed E-state index contributed by atoms with van der Waals surface area (Å²) in [5.74, 6) is -1.72. The number of hydrogen-bond acceptors (Lipinski definition) is 4. The normalized spacial score (nSPS) is 14.0. The van der Waals surface area contributed by atoms with Crippen molar-refractivity contribution in [3.8, 4) is 0 Å². The topological polar surface area (TPSA) is 101 Å². The number of hydrogen-bond donors (Lipinski definition) is 2. The maximum atomic E-state index is 12.1. The molecule has 1 rings (SSSR count). The summed E-state index contributed by atoms with van der Waals surface area (Å²) < 4.78 is 23.7. The fourth-order valence-corrected chi connectivity index (χ4v) is 3.06. The van der Waals surface area contributed by atoms with Crippen molar-refractivity contribution in [1.82, 2.24) is 5.32 Å². The first-order valence-electron chi connectivity index (χ1n) is 7.55.